The van der Waals surface area contributed by atoms with Crippen molar-refractivity contribution in [1.29, 1.82) is 0 Å². The Hall–Kier alpha value is -2.61. The summed E-state index contributed by atoms with van der Waals surface area (Å²) in [5, 5.41) is 0. The molecule has 122 valence electrons. The van der Waals surface area contributed by atoms with E-state index < -0.39 is 16.0 Å². The summed E-state index contributed by atoms with van der Waals surface area (Å²) in [7, 11) is 0.301. The molecule has 0 aliphatic carbocycles. The van der Waals surface area contributed by atoms with Crippen LogP contribution in [0.5, 0.6) is 5.88 Å². The van der Waals surface area contributed by atoms with Crippen LogP contribution < -0.4 is 9.04 Å². The van der Waals surface area contributed by atoms with Gasteiger partial charge in [0.1, 0.15) is 5.82 Å². The molecule has 0 saturated heterocycles. The Balaban J connectivity index is 2.35. The molecule has 0 fully saturated rings. The third-order valence-electron chi connectivity index (χ3n) is 3.17. The highest BCUT2D eigenvalue weighted by Gasteiger charge is 2.23. The molecule has 8 heteroatoms. The molecule has 0 unspecified atom stereocenters. The van der Waals surface area contributed by atoms with Crippen molar-refractivity contribution in [3.05, 3.63) is 48.0 Å². The zero-order chi connectivity index (χ0) is 17.0. The smallest absolute Gasteiger partial charge is 0.337 e. The summed E-state index contributed by atoms with van der Waals surface area (Å²) in [6.45, 7) is 0. The van der Waals surface area contributed by atoms with E-state index in [1.807, 2.05) is 0 Å². The number of pyridine rings is 1. The van der Waals surface area contributed by atoms with E-state index in [1.165, 1.54) is 45.5 Å². The minimum Gasteiger partial charge on any atom is -0.481 e. The quantitative estimate of drug-likeness (QED) is 0.773. The van der Waals surface area contributed by atoms with Gasteiger partial charge < -0.3 is 9.47 Å². The summed E-state index contributed by atoms with van der Waals surface area (Å²) >= 11 is 0. The maximum absolute atomic E-state index is 12.6. The van der Waals surface area contributed by atoms with Crippen LogP contribution >= 0.6 is 0 Å². The number of nitrogens with zero attached hydrogens (tertiary/aromatic N) is 2. The number of hydrogen-bond acceptors (Lipinski definition) is 6. The minimum absolute atomic E-state index is 0.0391. The van der Waals surface area contributed by atoms with Gasteiger partial charge in [-0.2, -0.15) is 4.98 Å². The van der Waals surface area contributed by atoms with Crippen LogP contribution in [0.1, 0.15) is 10.4 Å². The summed E-state index contributed by atoms with van der Waals surface area (Å²) in [6, 6.07) is 10.3. The van der Waals surface area contributed by atoms with Crippen LogP contribution in [0, 0.1) is 0 Å². The number of anilines is 1. The molecular formula is C15H16N2O5S. The van der Waals surface area contributed by atoms with Crippen LogP contribution in [-0.2, 0) is 14.8 Å². The van der Waals surface area contributed by atoms with Gasteiger partial charge in [0, 0.05) is 13.1 Å². The Bertz CT molecular complexity index is 803. The minimum atomic E-state index is -3.80. The lowest BCUT2D eigenvalue weighted by Gasteiger charge is -2.18. The van der Waals surface area contributed by atoms with E-state index in [4.69, 9.17) is 4.74 Å². The van der Waals surface area contributed by atoms with E-state index in [9.17, 15) is 13.2 Å². The van der Waals surface area contributed by atoms with Crippen LogP contribution in [0.2, 0.25) is 0 Å². The summed E-state index contributed by atoms with van der Waals surface area (Å²) in [4.78, 5) is 15.5. The zero-order valence-corrected chi connectivity index (χ0v) is 13.7. The van der Waals surface area contributed by atoms with E-state index in [-0.39, 0.29) is 16.3 Å². The monoisotopic (exact) mass is 336 g/mol. The Morgan fingerprint density at radius 1 is 1.09 bits per heavy atom. The largest absolute Gasteiger partial charge is 0.481 e. The number of carbonyl (C=O) groups is 1. The molecule has 0 aliphatic heterocycles. The van der Waals surface area contributed by atoms with Crippen molar-refractivity contribution in [2.75, 3.05) is 25.6 Å². The van der Waals surface area contributed by atoms with Gasteiger partial charge in [0.15, 0.2) is 0 Å². The van der Waals surface area contributed by atoms with Gasteiger partial charge in [-0.05, 0) is 30.3 Å². The number of carbonyl (C=O) groups excluding carboxylic acids is 1. The second-order valence-corrected chi connectivity index (χ2v) is 6.50. The second kappa shape index (κ2) is 6.66. The number of rotatable bonds is 5. The van der Waals surface area contributed by atoms with Crippen LogP contribution in [0.3, 0.4) is 0 Å². The molecule has 0 atom stereocenters. The molecule has 0 saturated carbocycles. The molecule has 0 aliphatic rings. The fourth-order valence-electron chi connectivity index (χ4n) is 1.86. The Labute approximate surface area is 134 Å². The highest BCUT2D eigenvalue weighted by molar-refractivity contribution is 7.92. The first kappa shape index (κ1) is 16.8. The number of ether oxygens (including phenoxy) is 2. The summed E-state index contributed by atoms with van der Waals surface area (Å²) in [5.41, 5.74) is 0.272. The van der Waals surface area contributed by atoms with Crippen molar-refractivity contribution >= 4 is 21.8 Å². The van der Waals surface area contributed by atoms with Crippen LogP contribution in [-0.4, -0.2) is 40.6 Å². The third-order valence-corrected chi connectivity index (χ3v) is 4.95. The molecule has 23 heavy (non-hydrogen) atoms. The summed E-state index contributed by atoms with van der Waals surface area (Å²) < 4.78 is 35.8. The van der Waals surface area contributed by atoms with Crippen LogP contribution in [0.4, 0.5) is 5.82 Å². The standard InChI is InChI=1S/C15H16N2O5S/c1-17(13-5-4-6-14(16-13)21-2)23(19,20)12-9-7-11(8-10-12)15(18)22-3/h4-10H,1-3H3. The molecule has 0 spiro atoms. The van der Waals surface area contributed by atoms with E-state index in [1.54, 1.807) is 18.2 Å². The first-order valence-corrected chi connectivity index (χ1v) is 8.02. The van der Waals surface area contributed by atoms with Crippen molar-refractivity contribution in [3.8, 4) is 5.88 Å². The van der Waals surface area contributed by atoms with Gasteiger partial charge in [0.25, 0.3) is 10.0 Å². The van der Waals surface area contributed by atoms with Crippen molar-refractivity contribution in [2.24, 2.45) is 0 Å². The molecule has 2 aromatic rings. The summed E-state index contributed by atoms with van der Waals surface area (Å²) in [5.74, 6) is 0.00347. The SMILES string of the molecule is COC(=O)c1ccc(S(=O)(=O)N(C)c2cccc(OC)n2)cc1. The van der Waals surface area contributed by atoms with Crippen molar-refractivity contribution in [2.45, 2.75) is 4.90 Å². The number of hydrogen-bond donors (Lipinski definition) is 0. The van der Waals surface area contributed by atoms with Gasteiger partial charge >= 0.3 is 5.97 Å². The first-order valence-electron chi connectivity index (χ1n) is 6.58. The van der Waals surface area contributed by atoms with Crippen LogP contribution in [0.15, 0.2) is 47.4 Å². The molecule has 7 nitrogen and oxygen atoms in total. The summed E-state index contributed by atoms with van der Waals surface area (Å²) in [6.07, 6.45) is 0. The topological polar surface area (TPSA) is 85.8 Å². The van der Waals surface area contributed by atoms with E-state index in [0.717, 1.165) is 4.31 Å². The Kier molecular flexibility index (Phi) is 4.85. The fourth-order valence-corrected chi connectivity index (χ4v) is 3.00. The van der Waals surface area contributed by atoms with Gasteiger partial charge in [-0.25, -0.2) is 13.2 Å². The fraction of sp³-hybridized carbons (Fsp3) is 0.200. The molecule has 0 N–H and O–H groups in total. The maximum atomic E-state index is 12.6. The lowest BCUT2D eigenvalue weighted by atomic mass is 10.2. The van der Waals surface area contributed by atoms with E-state index in [0.29, 0.717) is 5.88 Å². The van der Waals surface area contributed by atoms with Gasteiger partial charge in [-0.15, -0.1) is 0 Å². The lowest BCUT2D eigenvalue weighted by Crippen LogP contribution is -2.27. The van der Waals surface area contributed by atoms with Crippen LogP contribution in [0.25, 0.3) is 0 Å². The molecule has 0 amide bonds. The predicted molar refractivity (Wildman–Crippen MR) is 84.2 cm³/mol. The zero-order valence-electron chi connectivity index (χ0n) is 12.9. The van der Waals surface area contributed by atoms with Gasteiger partial charge in [-0.1, -0.05) is 6.07 Å². The number of benzene rings is 1. The van der Waals surface area contributed by atoms with E-state index >= 15 is 0 Å². The number of methoxy groups -OCH3 is 2. The second-order valence-electron chi connectivity index (χ2n) is 4.53. The molecule has 0 radical (unpaired) electrons. The van der Waals surface area contributed by atoms with Gasteiger partial charge in [-0.3, -0.25) is 4.31 Å². The van der Waals surface area contributed by atoms with Crippen molar-refractivity contribution < 1.29 is 22.7 Å². The average molecular weight is 336 g/mol. The third kappa shape index (κ3) is 3.42. The Morgan fingerprint density at radius 2 is 1.74 bits per heavy atom. The molecule has 2 rings (SSSR count). The van der Waals surface area contributed by atoms with E-state index in [2.05, 4.69) is 9.72 Å². The van der Waals surface area contributed by atoms with Gasteiger partial charge in [0.05, 0.1) is 24.7 Å². The maximum Gasteiger partial charge on any atom is 0.337 e. The number of esters is 1. The van der Waals surface area contributed by atoms with Crippen molar-refractivity contribution in [3.63, 3.8) is 0 Å². The highest BCUT2D eigenvalue weighted by Crippen LogP contribution is 2.22. The number of aromatic nitrogens is 1. The molecule has 1 aromatic carbocycles. The first-order chi connectivity index (χ1) is 10.9. The molecule has 1 aromatic heterocycles. The predicted octanol–water partition coefficient (Wildman–Crippen LogP) is 1.70. The lowest BCUT2D eigenvalue weighted by molar-refractivity contribution is 0.0600. The molecule has 0 bridgehead atoms. The normalized spacial score (nSPS) is 10.9. The average Bonchev–Trinajstić information content (AvgIpc) is 2.60. The molecule has 1 heterocycles. The number of sulfonamides is 1. The highest BCUT2D eigenvalue weighted by atomic mass is 32.2. The molecular weight excluding hydrogens is 320 g/mol. The van der Waals surface area contributed by atoms with Crippen molar-refractivity contribution in [1.82, 2.24) is 4.98 Å². The Morgan fingerprint density at radius 3 is 2.30 bits per heavy atom. The van der Waals surface area contributed by atoms with Gasteiger partial charge in [0.2, 0.25) is 5.88 Å².